The first kappa shape index (κ1) is 16.9. The molecule has 1 aliphatic heterocycles. The minimum Gasteiger partial charge on any atom is -0.368 e. The number of hydrogen-bond acceptors (Lipinski definition) is 2. The first-order valence-electron chi connectivity index (χ1n) is 7.54. The second kappa shape index (κ2) is 7.28. The van der Waals surface area contributed by atoms with Crippen molar-refractivity contribution in [3.05, 3.63) is 58.3 Å². The van der Waals surface area contributed by atoms with E-state index in [1.54, 1.807) is 29.2 Å². The number of anilines is 2. The quantitative estimate of drug-likeness (QED) is 0.848. The van der Waals surface area contributed by atoms with Gasteiger partial charge >= 0.3 is 6.03 Å². The molecule has 0 saturated carbocycles. The van der Waals surface area contributed by atoms with Gasteiger partial charge in [-0.3, -0.25) is 0 Å². The van der Waals surface area contributed by atoms with E-state index in [2.05, 4.69) is 10.2 Å². The Balaban J connectivity index is 1.59. The van der Waals surface area contributed by atoms with Crippen molar-refractivity contribution in [1.82, 2.24) is 4.90 Å². The van der Waals surface area contributed by atoms with Crippen molar-refractivity contribution in [2.24, 2.45) is 0 Å². The molecule has 1 aliphatic rings. The van der Waals surface area contributed by atoms with Crippen LogP contribution < -0.4 is 10.2 Å². The summed E-state index contributed by atoms with van der Waals surface area (Å²) in [7, 11) is 0. The zero-order chi connectivity index (χ0) is 17.1. The molecule has 1 N–H and O–H groups in total. The zero-order valence-corrected chi connectivity index (χ0v) is 14.3. The van der Waals surface area contributed by atoms with E-state index in [1.807, 2.05) is 6.07 Å². The predicted octanol–water partition coefficient (Wildman–Crippen LogP) is 4.49. The van der Waals surface area contributed by atoms with Crippen molar-refractivity contribution >= 4 is 40.6 Å². The lowest BCUT2D eigenvalue weighted by atomic mass is 10.2. The summed E-state index contributed by atoms with van der Waals surface area (Å²) in [6.45, 7) is 2.40. The van der Waals surface area contributed by atoms with Gasteiger partial charge in [0, 0.05) is 47.6 Å². The Bertz CT molecular complexity index is 728. The predicted molar refractivity (Wildman–Crippen MR) is 95.7 cm³/mol. The summed E-state index contributed by atoms with van der Waals surface area (Å²) >= 11 is 11.9. The second-order valence-corrected chi connectivity index (χ2v) is 6.42. The molecule has 0 atom stereocenters. The van der Waals surface area contributed by atoms with Crippen LogP contribution in [0.1, 0.15) is 0 Å². The summed E-state index contributed by atoms with van der Waals surface area (Å²) in [6.07, 6.45) is 0. The molecule has 7 heteroatoms. The molecule has 0 unspecified atom stereocenters. The monoisotopic (exact) mass is 367 g/mol. The van der Waals surface area contributed by atoms with E-state index in [9.17, 15) is 9.18 Å². The number of urea groups is 1. The molecule has 2 aromatic carbocycles. The molecular weight excluding hydrogens is 352 g/mol. The third kappa shape index (κ3) is 4.10. The lowest BCUT2D eigenvalue weighted by Crippen LogP contribution is -2.50. The minimum absolute atomic E-state index is 0.202. The number of amides is 2. The van der Waals surface area contributed by atoms with E-state index in [-0.39, 0.29) is 11.8 Å². The Morgan fingerprint density at radius 1 is 1.00 bits per heavy atom. The van der Waals surface area contributed by atoms with Crippen molar-refractivity contribution in [3.8, 4) is 0 Å². The zero-order valence-electron chi connectivity index (χ0n) is 12.8. The molecule has 1 fully saturated rings. The summed E-state index contributed by atoms with van der Waals surface area (Å²) < 4.78 is 13.3. The number of benzene rings is 2. The van der Waals surface area contributed by atoms with Crippen LogP contribution in [0.3, 0.4) is 0 Å². The Labute approximate surface area is 149 Å². The number of nitrogens with zero attached hydrogens (tertiary/aromatic N) is 2. The molecule has 0 bridgehead atoms. The summed E-state index contributed by atoms with van der Waals surface area (Å²) in [6, 6.07) is 11.2. The van der Waals surface area contributed by atoms with Crippen LogP contribution in [-0.4, -0.2) is 37.1 Å². The molecule has 4 nitrogen and oxygen atoms in total. The maximum Gasteiger partial charge on any atom is 0.321 e. The van der Waals surface area contributed by atoms with Crippen LogP contribution in [0.4, 0.5) is 20.6 Å². The van der Waals surface area contributed by atoms with Gasteiger partial charge in [-0.15, -0.1) is 0 Å². The molecule has 24 heavy (non-hydrogen) atoms. The Hall–Kier alpha value is -1.98. The highest BCUT2D eigenvalue weighted by atomic mass is 35.5. The summed E-state index contributed by atoms with van der Waals surface area (Å²) in [5.74, 6) is -0.259. The number of hydrogen-bond donors (Lipinski definition) is 1. The standard InChI is InChI=1S/C17H16Cl2FN3O/c18-12-8-13(19)10-15(9-12)21-17(24)23-6-4-22(5-7-23)16-3-1-2-14(20)11-16/h1-3,8-11H,4-7H2,(H,21,24). The molecule has 0 spiro atoms. The van der Waals surface area contributed by atoms with E-state index in [0.717, 1.165) is 5.69 Å². The molecule has 0 aliphatic carbocycles. The number of rotatable bonds is 2. The molecule has 2 aromatic rings. The van der Waals surface area contributed by atoms with Gasteiger partial charge in [-0.05, 0) is 36.4 Å². The van der Waals surface area contributed by atoms with E-state index in [0.29, 0.717) is 41.9 Å². The molecule has 2 amide bonds. The number of piperazine rings is 1. The van der Waals surface area contributed by atoms with E-state index in [4.69, 9.17) is 23.2 Å². The van der Waals surface area contributed by atoms with Crippen LogP contribution in [0.25, 0.3) is 0 Å². The third-order valence-electron chi connectivity index (χ3n) is 3.85. The Morgan fingerprint density at radius 2 is 1.67 bits per heavy atom. The number of halogens is 3. The third-order valence-corrected chi connectivity index (χ3v) is 4.29. The largest absolute Gasteiger partial charge is 0.368 e. The number of carbonyl (C=O) groups excluding carboxylic acids is 1. The molecule has 3 rings (SSSR count). The van der Waals surface area contributed by atoms with Gasteiger partial charge in [-0.2, -0.15) is 0 Å². The average molecular weight is 368 g/mol. The molecule has 0 radical (unpaired) electrons. The highest BCUT2D eigenvalue weighted by molar-refractivity contribution is 6.35. The molecular formula is C17H16Cl2FN3O. The molecule has 1 heterocycles. The van der Waals surface area contributed by atoms with Crippen molar-refractivity contribution in [1.29, 1.82) is 0 Å². The van der Waals surface area contributed by atoms with E-state index in [1.165, 1.54) is 12.1 Å². The Kier molecular flexibility index (Phi) is 5.11. The maximum atomic E-state index is 13.3. The van der Waals surface area contributed by atoms with Gasteiger partial charge in [-0.25, -0.2) is 9.18 Å². The van der Waals surface area contributed by atoms with Gasteiger partial charge in [-0.1, -0.05) is 29.3 Å². The fourth-order valence-corrected chi connectivity index (χ4v) is 3.20. The number of nitrogens with one attached hydrogen (secondary N) is 1. The highest BCUT2D eigenvalue weighted by Gasteiger charge is 2.21. The van der Waals surface area contributed by atoms with Crippen molar-refractivity contribution in [2.75, 3.05) is 36.4 Å². The first-order valence-corrected chi connectivity index (χ1v) is 8.29. The molecule has 126 valence electrons. The van der Waals surface area contributed by atoms with Gasteiger partial charge in [0.25, 0.3) is 0 Å². The fraction of sp³-hybridized carbons (Fsp3) is 0.235. The van der Waals surface area contributed by atoms with Crippen molar-refractivity contribution < 1.29 is 9.18 Å². The van der Waals surface area contributed by atoms with Crippen LogP contribution in [-0.2, 0) is 0 Å². The maximum absolute atomic E-state index is 13.3. The lowest BCUT2D eigenvalue weighted by molar-refractivity contribution is 0.208. The van der Waals surface area contributed by atoms with Gasteiger partial charge in [0.05, 0.1) is 0 Å². The van der Waals surface area contributed by atoms with Crippen LogP contribution in [0.2, 0.25) is 10.0 Å². The van der Waals surface area contributed by atoms with Crippen LogP contribution in [0.15, 0.2) is 42.5 Å². The topological polar surface area (TPSA) is 35.6 Å². The van der Waals surface area contributed by atoms with E-state index >= 15 is 0 Å². The number of carbonyl (C=O) groups is 1. The van der Waals surface area contributed by atoms with Crippen LogP contribution in [0, 0.1) is 5.82 Å². The smallest absolute Gasteiger partial charge is 0.321 e. The SMILES string of the molecule is O=C(Nc1cc(Cl)cc(Cl)c1)N1CCN(c2cccc(F)c2)CC1. The first-order chi connectivity index (χ1) is 11.5. The van der Waals surface area contributed by atoms with Crippen LogP contribution >= 0.6 is 23.2 Å². The van der Waals surface area contributed by atoms with Gasteiger partial charge in [0.2, 0.25) is 0 Å². The van der Waals surface area contributed by atoms with Gasteiger partial charge in [0.15, 0.2) is 0 Å². The average Bonchev–Trinajstić information content (AvgIpc) is 2.54. The summed E-state index contributed by atoms with van der Waals surface area (Å²) in [5.41, 5.74) is 1.39. The molecule has 1 saturated heterocycles. The summed E-state index contributed by atoms with van der Waals surface area (Å²) in [5, 5.41) is 3.73. The normalized spacial score (nSPS) is 14.6. The van der Waals surface area contributed by atoms with Crippen molar-refractivity contribution in [2.45, 2.75) is 0 Å². The lowest BCUT2D eigenvalue weighted by Gasteiger charge is -2.36. The van der Waals surface area contributed by atoms with Gasteiger partial charge in [0.1, 0.15) is 5.82 Å². The fourth-order valence-electron chi connectivity index (χ4n) is 2.67. The van der Waals surface area contributed by atoms with Crippen LogP contribution in [0.5, 0.6) is 0 Å². The van der Waals surface area contributed by atoms with E-state index < -0.39 is 0 Å². The van der Waals surface area contributed by atoms with Gasteiger partial charge < -0.3 is 15.1 Å². The highest BCUT2D eigenvalue weighted by Crippen LogP contribution is 2.23. The summed E-state index contributed by atoms with van der Waals surface area (Å²) in [4.78, 5) is 16.1. The van der Waals surface area contributed by atoms with Crippen molar-refractivity contribution in [3.63, 3.8) is 0 Å². The molecule has 0 aromatic heterocycles. The Morgan fingerprint density at radius 3 is 2.29 bits per heavy atom. The minimum atomic E-state index is -0.259. The second-order valence-electron chi connectivity index (χ2n) is 5.54.